The highest BCUT2D eigenvalue weighted by Crippen LogP contribution is 2.43. The molecule has 0 saturated carbocycles. The van der Waals surface area contributed by atoms with Gasteiger partial charge in [-0.3, -0.25) is 30.3 Å². The third-order valence-electron chi connectivity index (χ3n) is 4.12. The molecular weight excluding hydrogens is 346 g/mol. The number of benzene rings is 2. The first kappa shape index (κ1) is 15.5. The van der Waals surface area contributed by atoms with Crippen LogP contribution in [0.15, 0.2) is 30.3 Å². The Bertz CT molecular complexity index is 1160. The van der Waals surface area contributed by atoms with Gasteiger partial charge in [0.05, 0.1) is 43.1 Å². The smallest absolute Gasteiger partial charge is 0.258 e. The zero-order valence-electron chi connectivity index (χ0n) is 12.8. The summed E-state index contributed by atoms with van der Waals surface area (Å²) in [5.74, 6) is 0. The van der Waals surface area contributed by atoms with Crippen LogP contribution in [0.1, 0.15) is 11.3 Å². The van der Waals surface area contributed by atoms with Crippen LogP contribution in [0, 0.1) is 30.3 Å². The Labute approximate surface area is 143 Å². The highest BCUT2D eigenvalue weighted by Gasteiger charge is 2.33. The first-order valence-electron chi connectivity index (χ1n) is 7.26. The van der Waals surface area contributed by atoms with Gasteiger partial charge in [0.1, 0.15) is 5.69 Å². The van der Waals surface area contributed by atoms with Crippen LogP contribution < -0.4 is 0 Å². The van der Waals surface area contributed by atoms with Crippen LogP contribution in [0.25, 0.3) is 22.3 Å². The van der Waals surface area contributed by atoms with Crippen molar-refractivity contribution in [2.75, 3.05) is 0 Å². The van der Waals surface area contributed by atoms with Crippen molar-refractivity contribution in [2.24, 2.45) is 0 Å². The van der Waals surface area contributed by atoms with Crippen molar-refractivity contribution in [1.29, 1.82) is 0 Å². The fraction of sp³-hybridized carbons (Fsp3) is 0.0667. The molecule has 11 nitrogen and oxygen atoms in total. The molecule has 0 unspecified atom stereocenters. The van der Waals surface area contributed by atoms with E-state index >= 15 is 0 Å². The fourth-order valence-corrected chi connectivity index (χ4v) is 3.03. The van der Waals surface area contributed by atoms with E-state index in [-0.39, 0.29) is 34.6 Å². The van der Waals surface area contributed by atoms with Crippen molar-refractivity contribution >= 4 is 28.1 Å². The average molecular weight is 353 g/mol. The Morgan fingerprint density at radius 3 is 2.19 bits per heavy atom. The summed E-state index contributed by atoms with van der Waals surface area (Å²) in [6.07, 6.45) is 0.160. The number of non-ortho nitro benzene ring substituents is 2. The molecule has 0 fully saturated rings. The summed E-state index contributed by atoms with van der Waals surface area (Å²) in [7, 11) is 0. The molecule has 4 rings (SSSR count). The van der Waals surface area contributed by atoms with E-state index in [4.69, 9.17) is 0 Å². The molecule has 0 radical (unpaired) electrons. The Hall–Kier alpha value is -4.02. The molecule has 1 aliphatic carbocycles. The molecule has 0 saturated heterocycles. The molecular formula is C15H7N5O6. The molecule has 1 aliphatic rings. The predicted molar refractivity (Wildman–Crippen MR) is 87.7 cm³/mol. The SMILES string of the molecule is O=[N+]([O-])c1cc2c(c([N+](=O)[O-])c1)-c1nc3cc([N+](=O)[O-])ccc3nc1C2. The summed E-state index contributed by atoms with van der Waals surface area (Å²) in [4.78, 5) is 40.1. The summed E-state index contributed by atoms with van der Waals surface area (Å²) < 4.78 is 0. The number of hydrogen-bond acceptors (Lipinski definition) is 8. The third-order valence-corrected chi connectivity index (χ3v) is 4.12. The number of aromatic nitrogens is 2. The Kier molecular flexibility index (Phi) is 3.12. The zero-order valence-corrected chi connectivity index (χ0v) is 12.8. The third kappa shape index (κ3) is 2.22. The van der Waals surface area contributed by atoms with Gasteiger partial charge in [0.2, 0.25) is 0 Å². The minimum atomic E-state index is -0.708. The summed E-state index contributed by atoms with van der Waals surface area (Å²) >= 11 is 0. The summed E-state index contributed by atoms with van der Waals surface area (Å²) in [5.41, 5.74) is 0.818. The maximum atomic E-state index is 11.4. The quantitative estimate of drug-likeness (QED) is 0.402. The fourth-order valence-electron chi connectivity index (χ4n) is 3.03. The molecule has 26 heavy (non-hydrogen) atoms. The summed E-state index contributed by atoms with van der Waals surface area (Å²) in [5, 5.41) is 33.4. The second-order valence-electron chi connectivity index (χ2n) is 5.64. The van der Waals surface area contributed by atoms with Crippen LogP contribution in [0.4, 0.5) is 17.1 Å². The molecule has 1 aromatic heterocycles. The molecule has 0 spiro atoms. The predicted octanol–water partition coefficient (Wildman–Crippen LogP) is 2.93. The van der Waals surface area contributed by atoms with Crippen LogP contribution in [0.5, 0.6) is 0 Å². The van der Waals surface area contributed by atoms with Crippen LogP contribution in [0.3, 0.4) is 0 Å². The highest BCUT2D eigenvalue weighted by atomic mass is 16.6. The first-order chi connectivity index (χ1) is 12.3. The van der Waals surface area contributed by atoms with Crippen LogP contribution >= 0.6 is 0 Å². The first-order valence-corrected chi connectivity index (χ1v) is 7.26. The molecule has 0 bridgehead atoms. The molecule has 1 heterocycles. The van der Waals surface area contributed by atoms with Gasteiger partial charge in [-0.2, -0.15) is 0 Å². The minimum absolute atomic E-state index is 0.160. The van der Waals surface area contributed by atoms with Crippen molar-refractivity contribution in [3.05, 3.63) is 71.9 Å². The van der Waals surface area contributed by atoms with Crippen molar-refractivity contribution < 1.29 is 14.8 Å². The Morgan fingerprint density at radius 2 is 1.54 bits per heavy atom. The summed E-state index contributed by atoms with van der Waals surface area (Å²) in [6.45, 7) is 0. The second kappa shape index (κ2) is 5.24. The number of nitro benzene ring substituents is 3. The second-order valence-corrected chi connectivity index (χ2v) is 5.64. The number of rotatable bonds is 3. The maximum Gasteiger partial charge on any atom is 0.286 e. The molecule has 128 valence electrons. The maximum absolute atomic E-state index is 11.4. The van der Waals surface area contributed by atoms with Gasteiger partial charge in [-0.25, -0.2) is 9.97 Å². The molecule has 0 atom stereocenters. The van der Waals surface area contributed by atoms with E-state index in [1.54, 1.807) is 0 Å². The standard InChI is InChI=1S/C15H7N5O6/c21-18(22)8-1-2-10-11(5-8)17-15-12(16-10)4-7-3-9(19(23)24)6-13(14(7)15)20(25)26/h1-3,5-6H,4H2. The van der Waals surface area contributed by atoms with Gasteiger partial charge in [0.15, 0.2) is 0 Å². The normalized spacial score (nSPS) is 11.8. The van der Waals surface area contributed by atoms with E-state index in [9.17, 15) is 30.3 Å². The van der Waals surface area contributed by atoms with Crippen molar-refractivity contribution in [2.45, 2.75) is 6.42 Å². The van der Waals surface area contributed by atoms with Crippen molar-refractivity contribution in [3.63, 3.8) is 0 Å². The van der Waals surface area contributed by atoms with Gasteiger partial charge >= 0.3 is 0 Å². The van der Waals surface area contributed by atoms with E-state index in [0.29, 0.717) is 16.8 Å². The lowest BCUT2D eigenvalue weighted by Gasteiger charge is -2.04. The number of nitro groups is 3. The number of fused-ring (bicyclic) bond motifs is 4. The monoisotopic (exact) mass is 353 g/mol. The highest BCUT2D eigenvalue weighted by molar-refractivity contribution is 5.87. The van der Waals surface area contributed by atoms with Crippen molar-refractivity contribution in [3.8, 4) is 11.3 Å². The van der Waals surface area contributed by atoms with E-state index < -0.39 is 20.5 Å². The van der Waals surface area contributed by atoms with Gasteiger partial charge in [0, 0.05) is 24.6 Å². The molecule has 0 amide bonds. The Balaban J connectivity index is 2.00. The molecule has 0 aliphatic heterocycles. The minimum Gasteiger partial charge on any atom is -0.258 e. The summed E-state index contributed by atoms with van der Waals surface area (Å²) in [6, 6.07) is 6.11. The average Bonchev–Trinajstić information content (AvgIpc) is 2.95. The number of nitrogens with zero attached hydrogens (tertiary/aromatic N) is 5. The molecule has 2 aromatic carbocycles. The van der Waals surface area contributed by atoms with Crippen LogP contribution in [-0.2, 0) is 6.42 Å². The largest absolute Gasteiger partial charge is 0.286 e. The molecule has 3 aromatic rings. The van der Waals surface area contributed by atoms with Crippen LogP contribution in [-0.4, -0.2) is 24.7 Å². The van der Waals surface area contributed by atoms with Crippen molar-refractivity contribution in [1.82, 2.24) is 9.97 Å². The Morgan fingerprint density at radius 1 is 0.808 bits per heavy atom. The van der Waals surface area contributed by atoms with Gasteiger partial charge < -0.3 is 0 Å². The van der Waals surface area contributed by atoms with Gasteiger partial charge in [-0.15, -0.1) is 0 Å². The van der Waals surface area contributed by atoms with E-state index in [1.165, 1.54) is 24.3 Å². The lowest BCUT2D eigenvalue weighted by atomic mass is 10.1. The van der Waals surface area contributed by atoms with Crippen LogP contribution in [0.2, 0.25) is 0 Å². The number of hydrogen-bond donors (Lipinski definition) is 0. The van der Waals surface area contributed by atoms with Gasteiger partial charge in [-0.05, 0) is 11.6 Å². The van der Waals surface area contributed by atoms with E-state index in [2.05, 4.69) is 9.97 Å². The van der Waals surface area contributed by atoms with E-state index in [0.717, 1.165) is 6.07 Å². The van der Waals surface area contributed by atoms with Gasteiger partial charge in [-0.1, -0.05) is 0 Å². The molecule has 11 heteroatoms. The lowest BCUT2D eigenvalue weighted by molar-refractivity contribution is -0.393. The lowest BCUT2D eigenvalue weighted by Crippen LogP contribution is -1.97. The topological polar surface area (TPSA) is 155 Å². The van der Waals surface area contributed by atoms with Gasteiger partial charge in [0.25, 0.3) is 17.1 Å². The molecule has 0 N–H and O–H groups in total. The van der Waals surface area contributed by atoms with E-state index in [1.807, 2.05) is 0 Å². The zero-order chi connectivity index (χ0) is 18.6.